The second-order valence-corrected chi connectivity index (χ2v) is 7.03. The van der Waals surface area contributed by atoms with Crippen LogP contribution in [0.5, 0.6) is 0 Å². The van der Waals surface area contributed by atoms with Crippen molar-refractivity contribution in [3.05, 3.63) is 46.2 Å². The van der Waals surface area contributed by atoms with Crippen molar-refractivity contribution in [2.24, 2.45) is 4.99 Å². The fourth-order valence-electron chi connectivity index (χ4n) is 2.35. The molecule has 0 aliphatic rings. The summed E-state index contributed by atoms with van der Waals surface area (Å²) in [5, 5.41) is 8.78. The number of nitrogens with zero attached hydrogens (tertiary/aromatic N) is 3. The van der Waals surface area contributed by atoms with Crippen LogP contribution in [0.4, 0.5) is 10.1 Å². The van der Waals surface area contributed by atoms with Crippen molar-refractivity contribution in [3.8, 4) is 0 Å². The van der Waals surface area contributed by atoms with Crippen LogP contribution in [-0.2, 0) is 16.1 Å². The maximum Gasteiger partial charge on any atom is 0.246 e. The van der Waals surface area contributed by atoms with E-state index in [1.165, 1.54) is 24.3 Å². The van der Waals surface area contributed by atoms with E-state index in [2.05, 4.69) is 20.6 Å². The third kappa shape index (κ3) is 6.58. The van der Waals surface area contributed by atoms with Crippen LogP contribution in [0.15, 0.2) is 34.6 Å². The van der Waals surface area contributed by atoms with Gasteiger partial charge in [0, 0.05) is 31.8 Å². The van der Waals surface area contributed by atoms with E-state index in [0.717, 1.165) is 10.7 Å². The van der Waals surface area contributed by atoms with Crippen molar-refractivity contribution in [3.63, 3.8) is 0 Å². The molecule has 2 N–H and O–H groups in total. The van der Waals surface area contributed by atoms with Gasteiger partial charge in [-0.05, 0) is 38.1 Å². The zero-order valence-corrected chi connectivity index (χ0v) is 17.3. The molecular weight excluding hydrogens is 381 g/mol. The van der Waals surface area contributed by atoms with Gasteiger partial charge in [0.1, 0.15) is 23.5 Å². The predicted molar refractivity (Wildman–Crippen MR) is 110 cm³/mol. The molecule has 2 aromatic rings. The lowest BCUT2D eigenvalue weighted by Gasteiger charge is -2.21. The van der Waals surface area contributed by atoms with Crippen LogP contribution in [-0.4, -0.2) is 49.0 Å². The molecule has 1 unspecified atom stereocenters. The Morgan fingerprint density at radius 3 is 2.75 bits per heavy atom. The van der Waals surface area contributed by atoms with Gasteiger partial charge in [-0.15, -0.1) is 11.3 Å². The summed E-state index contributed by atoms with van der Waals surface area (Å²) in [6.45, 7) is 5.10. The highest BCUT2D eigenvalue weighted by molar-refractivity contribution is 7.09. The van der Waals surface area contributed by atoms with Gasteiger partial charge >= 0.3 is 0 Å². The molecule has 0 spiro atoms. The van der Waals surface area contributed by atoms with Gasteiger partial charge in [0.15, 0.2) is 5.96 Å². The third-order valence-corrected chi connectivity index (χ3v) is 4.92. The van der Waals surface area contributed by atoms with Gasteiger partial charge in [0.2, 0.25) is 5.91 Å². The topological polar surface area (TPSA) is 78.9 Å². The number of guanidine groups is 1. The Kier molecular flexibility index (Phi) is 8.34. The number of benzene rings is 1. The highest BCUT2D eigenvalue weighted by Gasteiger charge is 2.13. The van der Waals surface area contributed by atoms with Crippen LogP contribution in [0.25, 0.3) is 0 Å². The highest BCUT2D eigenvalue weighted by Crippen LogP contribution is 2.20. The van der Waals surface area contributed by atoms with Crippen molar-refractivity contribution < 1.29 is 13.9 Å². The number of ether oxygens (including phenoxy) is 1. The fraction of sp³-hybridized carbons (Fsp3) is 0.421. The lowest BCUT2D eigenvalue weighted by atomic mass is 10.3. The number of rotatable bonds is 8. The molecule has 0 aliphatic heterocycles. The Balaban J connectivity index is 1.96. The number of carbonyl (C=O) groups excluding carboxylic acids is 1. The number of methoxy groups -OCH3 is 1. The SMILES string of the molecule is CCNC(=NCC(=O)Nc1ccc(F)cc1)N(C)Cc1csc(C(C)OC)n1. The highest BCUT2D eigenvalue weighted by atomic mass is 32.1. The molecular formula is C19H26FN5O2S. The standard InChI is InChI=1S/C19H26FN5O2S/c1-5-21-19(22-10-17(26)23-15-8-6-14(20)7-9-15)25(3)11-16-12-28-18(24-16)13(2)27-4/h6-9,12-13H,5,10-11H2,1-4H3,(H,21,22)(H,23,26). The Morgan fingerprint density at radius 2 is 2.11 bits per heavy atom. The molecule has 0 fully saturated rings. The van der Waals surface area contributed by atoms with Gasteiger partial charge < -0.3 is 20.3 Å². The average molecular weight is 408 g/mol. The van der Waals surface area contributed by atoms with Crippen LogP contribution in [0.2, 0.25) is 0 Å². The quantitative estimate of drug-likeness (QED) is 0.519. The van der Waals surface area contributed by atoms with Crippen LogP contribution in [0.1, 0.15) is 30.7 Å². The molecule has 0 saturated carbocycles. The Morgan fingerprint density at radius 1 is 1.39 bits per heavy atom. The van der Waals surface area contributed by atoms with Crippen molar-refractivity contribution >= 4 is 28.9 Å². The minimum absolute atomic E-state index is 0.0406. The number of carbonyl (C=O) groups is 1. The molecule has 1 amide bonds. The molecule has 1 heterocycles. The maximum atomic E-state index is 12.9. The molecule has 0 saturated heterocycles. The molecule has 1 atom stereocenters. The molecule has 7 nitrogen and oxygen atoms in total. The van der Waals surface area contributed by atoms with Crippen molar-refractivity contribution in [2.45, 2.75) is 26.5 Å². The molecule has 28 heavy (non-hydrogen) atoms. The number of hydrogen-bond acceptors (Lipinski definition) is 5. The minimum Gasteiger partial charge on any atom is -0.375 e. The lowest BCUT2D eigenvalue weighted by molar-refractivity contribution is -0.114. The Labute approximate surface area is 168 Å². The normalized spacial score (nSPS) is 12.5. The van der Waals surface area contributed by atoms with Crippen molar-refractivity contribution in [2.75, 3.05) is 32.6 Å². The smallest absolute Gasteiger partial charge is 0.246 e. The first-order valence-electron chi connectivity index (χ1n) is 8.94. The first-order valence-corrected chi connectivity index (χ1v) is 9.82. The summed E-state index contributed by atoms with van der Waals surface area (Å²) in [6, 6.07) is 5.61. The van der Waals surface area contributed by atoms with Crippen LogP contribution in [0, 0.1) is 5.82 Å². The summed E-state index contributed by atoms with van der Waals surface area (Å²) in [4.78, 5) is 23.0. The molecule has 1 aromatic heterocycles. The number of aliphatic imine (C=N–C) groups is 1. The summed E-state index contributed by atoms with van der Waals surface area (Å²) < 4.78 is 18.2. The second-order valence-electron chi connectivity index (χ2n) is 6.14. The number of hydrogen-bond donors (Lipinski definition) is 2. The number of nitrogens with one attached hydrogen (secondary N) is 2. The molecule has 152 valence electrons. The predicted octanol–water partition coefficient (Wildman–Crippen LogP) is 3.03. The van der Waals surface area contributed by atoms with Crippen molar-refractivity contribution in [1.82, 2.24) is 15.2 Å². The third-order valence-electron chi connectivity index (χ3n) is 3.87. The van der Waals surface area contributed by atoms with Gasteiger partial charge in [-0.1, -0.05) is 0 Å². The van der Waals surface area contributed by atoms with Gasteiger partial charge in [0.25, 0.3) is 0 Å². The van der Waals surface area contributed by atoms with E-state index < -0.39 is 0 Å². The molecule has 0 bridgehead atoms. The van der Waals surface area contributed by atoms with Gasteiger partial charge in [-0.25, -0.2) is 14.4 Å². The van der Waals surface area contributed by atoms with Crippen molar-refractivity contribution in [1.29, 1.82) is 0 Å². The average Bonchev–Trinajstić information content (AvgIpc) is 3.14. The number of amides is 1. The molecule has 2 rings (SSSR count). The van der Waals surface area contributed by atoms with E-state index in [1.807, 2.05) is 31.2 Å². The summed E-state index contributed by atoms with van der Waals surface area (Å²) >= 11 is 1.56. The Bertz CT molecular complexity index is 794. The summed E-state index contributed by atoms with van der Waals surface area (Å²) in [5.41, 5.74) is 1.44. The summed E-state index contributed by atoms with van der Waals surface area (Å²) in [6.07, 6.45) is -0.0406. The van der Waals surface area contributed by atoms with Gasteiger partial charge in [-0.3, -0.25) is 4.79 Å². The molecule has 0 radical (unpaired) electrons. The van der Waals surface area contributed by atoms with Crippen LogP contribution in [0.3, 0.4) is 0 Å². The number of aromatic nitrogens is 1. The lowest BCUT2D eigenvalue weighted by Crippen LogP contribution is -2.39. The van der Waals surface area contributed by atoms with E-state index in [0.29, 0.717) is 24.7 Å². The molecule has 1 aromatic carbocycles. The number of halogens is 1. The molecule has 0 aliphatic carbocycles. The minimum atomic E-state index is -0.350. The number of thiazole rings is 1. The van der Waals surface area contributed by atoms with Crippen LogP contribution < -0.4 is 10.6 Å². The fourth-order valence-corrected chi connectivity index (χ4v) is 3.19. The first kappa shape index (κ1) is 21.8. The maximum absolute atomic E-state index is 12.9. The number of anilines is 1. The summed E-state index contributed by atoms with van der Waals surface area (Å²) in [5.74, 6) is -0.0245. The monoisotopic (exact) mass is 407 g/mol. The van der Waals surface area contributed by atoms with Gasteiger partial charge in [0.05, 0.1) is 12.2 Å². The summed E-state index contributed by atoms with van der Waals surface area (Å²) in [7, 11) is 3.54. The first-order chi connectivity index (χ1) is 13.4. The Hall–Kier alpha value is -2.52. The second kappa shape index (κ2) is 10.7. The van der Waals surface area contributed by atoms with E-state index in [4.69, 9.17) is 4.74 Å². The van der Waals surface area contributed by atoms with E-state index in [-0.39, 0.29) is 24.4 Å². The van der Waals surface area contributed by atoms with Crippen LogP contribution >= 0.6 is 11.3 Å². The molecule has 9 heteroatoms. The zero-order chi connectivity index (χ0) is 20.5. The van der Waals surface area contributed by atoms with E-state index >= 15 is 0 Å². The van der Waals surface area contributed by atoms with Gasteiger partial charge in [-0.2, -0.15) is 0 Å². The van der Waals surface area contributed by atoms with E-state index in [9.17, 15) is 9.18 Å². The van der Waals surface area contributed by atoms with E-state index in [1.54, 1.807) is 18.4 Å². The zero-order valence-electron chi connectivity index (χ0n) is 16.5. The largest absolute Gasteiger partial charge is 0.375 e.